The highest BCUT2D eigenvalue weighted by Gasteiger charge is 2.20. The molecule has 1 aromatic carbocycles. The van der Waals surface area contributed by atoms with Crippen LogP contribution in [-0.4, -0.2) is 47.1 Å². The monoisotopic (exact) mass is 410 g/mol. The number of carboxylic acid groups (broad SMARTS) is 1. The fourth-order valence-corrected chi connectivity index (χ4v) is 2.76. The largest absolute Gasteiger partial charge is 0.494 e. The number of carboxylic acids is 1. The molecule has 0 atom stereocenters. The van der Waals surface area contributed by atoms with E-state index in [2.05, 4.69) is 15.5 Å². The molecule has 0 spiro atoms. The van der Waals surface area contributed by atoms with Gasteiger partial charge in [-0.15, -0.1) is 10.2 Å². The molecular formula is C15H14N4O8S. The first-order valence-corrected chi connectivity index (χ1v) is 8.85. The van der Waals surface area contributed by atoms with Gasteiger partial charge in [-0.25, -0.2) is 4.79 Å². The highest BCUT2D eigenvalue weighted by atomic mass is 32.2. The van der Waals surface area contributed by atoms with Crippen LogP contribution in [-0.2, 0) is 10.1 Å². The van der Waals surface area contributed by atoms with Gasteiger partial charge in [-0.3, -0.25) is 19.1 Å². The topological polar surface area (TPSA) is 199 Å². The maximum atomic E-state index is 12.0. The number of H-pyrrole nitrogens is 1. The Kier molecular flexibility index (Phi) is 5.61. The van der Waals surface area contributed by atoms with Crippen LogP contribution in [0.5, 0.6) is 5.88 Å². The Morgan fingerprint density at radius 1 is 1.21 bits per heavy atom. The highest BCUT2D eigenvalue weighted by molar-refractivity contribution is 7.85. The van der Waals surface area contributed by atoms with Crippen molar-refractivity contribution >= 4 is 33.4 Å². The number of pyridine rings is 1. The summed E-state index contributed by atoms with van der Waals surface area (Å²) >= 11 is 0. The zero-order chi connectivity index (χ0) is 21.2. The number of aromatic hydroxyl groups is 1. The molecule has 2 aromatic rings. The zero-order valence-corrected chi connectivity index (χ0v) is 15.2. The summed E-state index contributed by atoms with van der Waals surface area (Å²) in [5.41, 5.74) is -2.44. The van der Waals surface area contributed by atoms with Crippen molar-refractivity contribution in [1.29, 1.82) is 0 Å². The lowest BCUT2D eigenvalue weighted by atomic mass is 10.1. The summed E-state index contributed by atoms with van der Waals surface area (Å²) in [6, 6.07) is 2.55. The molecule has 1 amide bonds. The van der Waals surface area contributed by atoms with Gasteiger partial charge in [0, 0.05) is 12.6 Å². The number of aromatic amines is 1. The van der Waals surface area contributed by atoms with Crippen molar-refractivity contribution in [3.05, 3.63) is 45.2 Å². The third-order valence-corrected chi connectivity index (χ3v) is 4.47. The lowest BCUT2D eigenvalue weighted by molar-refractivity contribution is 0.0697. The number of carbonyl (C=O) groups excluding carboxylic acids is 1. The Morgan fingerprint density at radius 3 is 2.39 bits per heavy atom. The van der Waals surface area contributed by atoms with E-state index in [0.29, 0.717) is 6.07 Å². The van der Waals surface area contributed by atoms with E-state index in [1.165, 1.54) is 14.0 Å². The van der Waals surface area contributed by atoms with Crippen molar-refractivity contribution in [3.63, 3.8) is 0 Å². The molecular weight excluding hydrogens is 396 g/mol. The number of azo groups is 1. The minimum atomic E-state index is -4.64. The smallest absolute Gasteiger partial charge is 0.338 e. The van der Waals surface area contributed by atoms with Gasteiger partial charge in [-0.1, -0.05) is 0 Å². The van der Waals surface area contributed by atoms with E-state index in [1.807, 2.05) is 4.98 Å². The molecule has 1 heterocycles. The molecule has 0 saturated carbocycles. The standard InChI is InChI=1S/C15H14N4O8S/c1-6-10(12(20)16-2)13(21)17-14(22)11(6)19-18-9-4-3-7(28(25,26)27)5-8(9)15(23)24/h3-5H,1-2H3,(H,16,20)(H,23,24)(H2,17,21,22)(H,25,26,27). The molecule has 0 radical (unpaired) electrons. The summed E-state index contributed by atoms with van der Waals surface area (Å²) in [6.45, 7) is 1.33. The molecule has 0 aliphatic heterocycles. The highest BCUT2D eigenvalue weighted by Crippen LogP contribution is 2.28. The van der Waals surface area contributed by atoms with E-state index in [4.69, 9.17) is 4.55 Å². The summed E-state index contributed by atoms with van der Waals surface area (Å²) in [5.74, 6) is -2.93. The Labute approximate surface area is 157 Å². The predicted octanol–water partition coefficient (Wildman–Crippen LogP) is 1.11. The Balaban J connectivity index is 2.63. The van der Waals surface area contributed by atoms with Crippen molar-refractivity contribution in [3.8, 4) is 5.88 Å². The lowest BCUT2D eigenvalue weighted by Crippen LogP contribution is -2.22. The minimum absolute atomic E-state index is 0.0178. The van der Waals surface area contributed by atoms with E-state index in [-0.39, 0.29) is 22.5 Å². The zero-order valence-electron chi connectivity index (χ0n) is 14.4. The number of benzene rings is 1. The van der Waals surface area contributed by atoms with E-state index < -0.39 is 43.9 Å². The van der Waals surface area contributed by atoms with Crippen molar-refractivity contribution < 1.29 is 32.8 Å². The van der Waals surface area contributed by atoms with Crippen LogP contribution >= 0.6 is 0 Å². The molecule has 0 bridgehead atoms. The summed E-state index contributed by atoms with van der Waals surface area (Å²) in [7, 11) is -3.33. The predicted molar refractivity (Wildman–Crippen MR) is 94.2 cm³/mol. The summed E-state index contributed by atoms with van der Waals surface area (Å²) < 4.78 is 31.3. The van der Waals surface area contributed by atoms with Crippen LogP contribution in [0.1, 0.15) is 26.3 Å². The third kappa shape index (κ3) is 4.05. The first-order chi connectivity index (χ1) is 13.0. The number of amides is 1. The average molecular weight is 410 g/mol. The number of nitrogens with one attached hydrogen (secondary N) is 2. The second-order valence-electron chi connectivity index (χ2n) is 5.39. The summed E-state index contributed by atoms with van der Waals surface area (Å²) in [4.78, 5) is 36.6. The van der Waals surface area contributed by atoms with Gasteiger partial charge in [-0.05, 0) is 25.1 Å². The number of hydrogen-bond acceptors (Lipinski definition) is 8. The molecule has 0 fully saturated rings. The van der Waals surface area contributed by atoms with E-state index in [1.54, 1.807) is 0 Å². The van der Waals surface area contributed by atoms with Gasteiger partial charge < -0.3 is 15.5 Å². The Morgan fingerprint density at radius 2 is 1.86 bits per heavy atom. The number of aromatic nitrogens is 1. The fourth-order valence-electron chi connectivity index (χ4n) is 2.26. The maximum Gasteiger partial charge on any atom is 0.338 e. The van der Waals surface area contributed by atoms with Crippen LogP contribution in [0.2, 0.25) is 0 Å². The molecule has 0 saturated heterocycles. The van der Waals surface area contributed by atoms with Crippen molar-refractivity contribution in [1.82, 2.24) is 10.3 Å². The normalized spacial score (nSPS) is 11.5. The third-order valence-electron chi connectivity index (χ3n) is 3.62. The Bertz CT molecular complexity index is 1170. The molecule has 13 heteroatoms. The molecule has 0 unspecified atom stereocenters. The van der Waals surface area contributed by atoms with Crippen molar-refractivity contribution in [2.24, 2.45) is 10.2 Å². The molecule has 0 aliphatic carbocycles. The molecule has 28 heavy (non-hydrogen) atoms. The van der Waals surface area contributed by atoms with Gasteiger partial charge in [0.15, 0.2) is 5.69 Å². The number of rotatable bonds is 5. The summed E-state index contributed by atoms with van der Waals surface area (Å²) in [6.07, 6.45) is 0. The molecule has 2 rings (SSSR count). The molecule has 0 aliphatic rings. The number of nitrogens with zero attached hydrogens (tertiary/aromatic N) is 2. The van der Waals surface area contributed by atoms with Crippen LogP contribution in [0.25, 0.3) is 0 Å². The van der Waals surface area contributed by atoms with Crippen LogP contribution in [0.4, 0.5) is 11.4 Å². The first kappa shape index (κ1) is 20.7. The van der Waals surface area contributed by atoms with E-state index >= 15 is 0 Å². The molecule has 5 N–H and O–H groups in total. The lowest BCUT2D eigenvalue weighted by Gasteiger charge is -2.08. The number of carbonyl (C=O) groups is 2. The van der Waals surface area contributed by atoms with Crippen LogP contribution < -0.4 is 10.9 Å². The van der Waals surface area contributed by atoms with Crippen LogP contribution in [0.3, 0.4) is 0 Å². The van der Waals surface area contributed by atoms with Crippen molar-refractivity contribution in [2.75, 3.05) is 7.05 Å². The second kappa shape index (κ2) is 7.58. The van der Waals surface area contributed by atoms with Gasteiger partial charge in [0.25, 0.3) is 21.6 Å². The van der Waals surface area contributed by atoms with Gasteiger partial charge in [-0.2, -0.15) is 8.42 Å². The number of hydrogen-bond donors (Lipinski definition) is 5. The van der Waals surface area contributed by atoms with Gasteiger partial charge >= 0.3 is 5.97 Å². The number of aromatic carboxylic acids is 1. The SMILES string of the molecule is CNC(=O)c1c(O)[nH]c(=O)c(N=Nc2ccc(S(=O)(=O)O)cc2C(=O)O)c1C. The molecule has 148 valence electrons. The van der Waals surface area contributed by atoms with Gasteiger partial charge in [0.1, 0.15) is 11.3 Å². The minimum Gasteiger partial charge on any atom is -0.494 e. The average Bonchev–Trinajstić information content (AvgIpc) is 2.59. The quantitative estimate of drug-likeness (QED) is 0.356. The summed E-state index contributed by atoms with van der Waals surface area (Å²) in [5, 5.41) is 28.5. The Hall–Kier alpha value is -3.58. The van der Waals surface area contributed by atoms with Gasteiger partial charge in [0.05, 0.1) is 10.5 Å². The van der Waals surface area contributed by atoms with E-state index in [0.717, 1.165) is 12.1 Å². The van der Waals surface area contributed by atoms with Gasteiger partial charge in [0.2, 0.25) is 5.88 Å². The van der Waals surface area contributed by atoms with Crippen LogP contribution in [0, 0.1) is 6.92 Å². The van der Waals surface area contributed by atoms with Crippen molar-refractivity contribution in [2.45, 2.75) is 11.8 Å². The first-order valence-electron chi connectivity index (χ1n) is 7.41. The van der Waals surface area contributed by atoms with E-state index in [9.17, 15) is 33.0 Å². The molecule has 1 aromatic heterocycles. The maximum absolute atomic E-state index is 12.0. The fraction of sp³-hybridized carbons (Fsp3) is 0.133. The second-order valence-corrected chi connectivity index (χ2v) is 6.81. The molecule has 12 nitrogen and oxygen atoms in total. The van der Waals surface area contributed by atoms with Crippen LogP contribution in [0.15, 0.2) is 38.1 Å².